The normalized spacial score (nSPS) is 12.0. The molecule has 8 heteroatoms. The Labute approximate surface area is 181 Å². The van der Waals surface area contributed by atoms with Crippen LogP contribution in [0, 0.1) is 0 Å². The van der Waals surface area contributed by atoms with Gasteiger partial charge in [0.1, 0.15) is 11.5 Å². The van der Waals surface area contributed by atoms with Crippen LogP contribution in [0.2, 0.25) is 0 Å². The molecule has 2 rings (SSSR count). The van der Waals surface area contributed by atoms with Crippen LogP contribution in [-0.2, 0) is 4.79 Å². The first kappa shape index (κ1) is 22.4. The van der Waals surface area contributed by atoms with Crippen LogP contribution >= 0.6 is 31.9 Å². The van der Waals surface area contributed by atoms with Crippen LogP contribution in [0.1, 0.15) is 37.0 Å². The molecule has 2 aromatic carbocycles. The second kappa shape index (κ2) is 11.2. The van der Waals surface area contributed by atoms with Gasteiger partial charge in [-0.05, 0) is 80.6 Å². The number of aliphatic hydroxyl groups excluding tert-OH is 1. The minimum Gasteiger partial charge on any atom is -0.494 e. The highest BCUT2D eigenvalue weighted by molar-refractivity contribution is 9.11. The van der Waals surface area contributed by atoms with E-state index >= 15 is 0 Å². The third-order valence-electron chi connectivity index (χ3n) is 3.85. The van der Waals surface area contributed by atoms with Crippen LogP contribution in [0.4, 0.5) is 0 Å². The summed E-state index contributed by atoms with van der Waals surface area (Å²) >= 11 is 6.83. The lowest BCUT2D eigenvalue weighted by atomic mass is 10.0. The third-order valence-corrected chi connectivity index (χ3v) is 5.03. The number of halogens is 2. The number of nitrogens with zero attached hydrogens (tertiary/aromatic N) is 1. The topological polar surface area (TPSA) is 80.2 Å². The molecule has 0 unspecified atom stereocenters. The maximum atomic E-state index is 11.9. The molecular formula is C20H22Br2N2O4. The number of rotatable bonds is 9. The maximum absolute atomic E-state index is 11.9. The van der Waals surface area contributed by atoms with E-state index in [4.69, 9.17) is 9.47 Å². The molecule has 2 aromatic rings. The first-order valence-corrected chi connectivity index (χ1v) is 10.3. The van der Waals surface area contributed by atoms with Gasteiger partial charge < -0.3 is 14.6 Å². The molecule has 6 nitrogen and oxygen atoms in total. The molecule has 0 heterocycles. The van der Waals surface area contributed by atoms with Crippen molar-refractivity contribution in [1.82, 2.24) is 5.43 Å². The van der Waals surface area contributed by atoms with Crippen molar-refractivity contribution in [3.8, 4) is 11.5 Å². The number of nitrogens with one attached hydrogen (secondary N) is 1. The van der Waals surface area contributed by atoms with E-state index in [0.29, 0.717) is 18.8 Å². The highest BCUT2D eigenvalue weighted by Gasteiger charge is 2.11. The standard InChI is InChI=1S/C20H22Br2N2O4/c1-3-28-15-6-4-14(5-7-15)18(25)8-9-19(26)24-23-12-13-10-16(21)20(27-2)17(22)11-13/h4-7,10-12,18,25H,3,8-9H2,1-2H3,(H,24,26)/b23-12-/t18-/m1/s1. The number of ether oxygens (including phenoxy) is 2. The summed E-state index contributed by atoms with van der Waals surface area (Å²) in [7, 11) is 1.58. The minimum absolute atomic E-state index is 0.154. The minimum atomic E-state index is -0.723. The van der Waals surface area contributed by atoms with E-state index in [9.17, 15) is 9.90 Å². The molecule has 0 saturated heterocycles. The summed E-state index contributed by atoms with van der Waals surface area (Å²) in [5.41, 5.74) is 4.00. The molecule has 0 spiro atoms. The first-order valence-electron chi connectivity index (χ1n) is 8.70. The van der Waals surface area contributed by atoms with Crippen LogP contribution in [0.25, 0.3) is 0 Å². The summed E-state index contributed by atoms with van der Waals surface area (Å²) in [5, 5.41) is 14.2. The molecule has 0 saturated carbocycles. The van der Waals surface area contributed by atoms with Crippen LogP contribution < -0.4 is 14.9 Å². The number of methoxy groups -OCH3 is 1. The van der Waals surface area contributed by atoms with Crippen LogP contribution in [0.5, 0.6) is 11.5 Å². The van der Waals surface area contributed by atoms with Gasteiger partial charge in [0, 0.05) is 6.42 Å². The Bertz CT molecular complexity index is 802. The van der Waals surface area contributed by atoms with Gasteiger partial charge in [0.25, 0.3) is 0 Å². The third kappa shape index (κ3) is 6.61. The fourth-order valence-corrected chi connectivity index (χ4v) is 4.02. The van der Waals surface area contributed by atoms with Crippen molar-refractivity contribution in [1.29, 1.82) is 0 Å². The molecule has 0 aliphatic carbocycles. The lowest BCUT2D eigenvalue weighted by Crippen LogP contribution is -2.18. The van der Waals surface area contributed by atoms with E-state index in [1.165, 1.54) is 6.21 Å². The Morgan fingerprint density at radius 1 is 1.25 bits per heavy atom. The van der Waals surface area contributed by atoms with Crippen LogP contribution in [-0.4, -0.2) is 30.9 Å². The summed E-state index contributed by atoms with van der Waals surface area (Å²) in [4.78, 5) is 11.9. The van der Waals surface area contributed by atoms with E-state index in [-0.39, 0.29) is 12.3 Å². The highest BCUT2D eigenvalue weighted by atomic mass is 79.9. The van der Waals surface area contributed by atoms with Crippen LogP contribution in [0.3, 0.4) is 0 Å². The molecule has 150 valence electrons. The molecule has 0 aliphatic heterocycles. The predicted octanol–water partition coefficient (Wildman–Crippen LogP) is 4.58. The Morgan fingerprint density at radius 3 is 2.46 bits per heavy atom. The fraction of sp³-hybridized carbons (Fsp3) is 0.300. The maximum Gasteiger partial charge on any atom is 0.240 e. The Hall–Kier alpha value is -1.90. The van der Waals surface area contributed by atoms with E-state index in [1.807, 2.05) is 19.1 Å². The molecule has 28 heavy (non-hydrogen) atoms. The summed E-state index contributed by atoms with van der Waals surface area (Å²) in [6, 6.07) is 10.9. The summed E-state index contributed by atoms with van der Waals surface area (Å²) in [5.74, 6) is 1.17. The zero-order valence-corrected chi connectivity index (χ0v) is 18.8. The molecule has 0 bridgehead atoms. The van der Waals surface area contributed by atoms with Crippen molar-refractivity contribution >= 4 is 44.0 Å². The molecule has 1 amide bonds. The predicted molar refractivity (Wildman–Crippen MR) is 116 cm³/mol. The average molecular weight is 514 g/mol. The number of amides is 1. The lowest BCUT2D eigenvalue weighted by Gasteiger charge is -2.11. The van der Waals surface area contributed by atoms with Gasteiger partial charge in [0.15, 0.2) is 0 Å². The molecule has 1 atom stereocenters. The van der Waals surface area contributed by atoms with E-state index in [2.05, 4.69) is 42.4 Å². The number of hydrazone groups is 1. The van der Waals surface area contributed by atoms with Crippen molar-refractivity contribution < 1.29 is 19.4 Å². The first-order chi connectivity index (χ1) is 13.4. The molecule has 0 fully saturated rings. The van der Waals surface area contributed by atoms with Gasteiger partial charge in [-0.25, -0.2) is 5.43 Å². The summed E-state index contributed by atoms with van der Waals surface area (Å²) < 4.78 is 12.2. The van der Waals surface area contributed by atoms with E-state index in [0.717, 1.165) is 25.8 Å². The second-order valence-corrected chi connectivity index (χ2v) is 7.58. The summed E-state index contributed by atoms with van der Waals surface area (Å²) in [6.45, 7) is 2.50. The molecule has 0 aromatic heterocycles. The van der Waals surface area contributed by atoms with Gasteiger partial charge in [0.05, 0.1) is 35.0 Å². The van der Waals surface area contributed by atoms with Crippen molar-refractivity contribution in [2.24, 2.45) is 5.10 Å². The number of benzene rings is 2. The van der Waals surface area contributed by atoms with Crippen molar-refractivity contribution in [2.45, 2.75) is 25.9 Å². The van der Waals surface area contributed by atoms with Gasteiger partial charge in [-0.2, -0.15) is 5.10 Å². The van der Waals surface area contributed by atoms with Gasteiger partial charge in [-0.15, -0.1) is 0 Å². The molecule has 2 N–H and O–H groups in total. The van der Waals surface area contributed by atoms with Gasteiger partial charge >= 0.3 is 0 Å². The Balaban J connectivity index is 1.83. The number of hydrogen-bond donors (Lipinski definition) is 2. The average Bonchev–Trinajstić information content (AvgIpc) is 2.67. The van der Waals surface area contributed by atoms with Gasteiger partial charge in [-0.3, -0.25) is 4.79 Å². The lowest BCUT2D eigenvalue weighted by molar-refractivity contribution is -0.121. The Kier molecular flexibility index (Phi) is 8.95. The monoisotopic (exact) mass is 512 g/mol. The zero-order chi connectivity index (χ0) is 20.5. The number of carbonyl (C=O) groups is 1. The fourth-order valence-electron chi connectivity index (χ4n) is 2.47. The van der Waals surface area contributed by atoms with Gasteiger partial charge in [-0.1, -0.05) is 12.1 Å². The molecule has 0 radical (unpaired) electrons. The second-order valence-electron chi connectivity index (χ2n) is 5.87. The number of hydrogen-bond acceptors (Lipinski definition) is 5. The highest BCUT2D eigenvalue weighted by Crippen LogP contribution is 2.33. The zero-order valence-electron chi connectivity index (χ0n) is 15.6. The largest absolute Gasteiger partial charge is 0.494 e. The SMILES string of the molecule is CCOc1ccc([C@H](O)CCC(=O)N/N=C\c2cc(Br)c(OC)c(Br)c2)cc1. The van der Waals surface area contributed by atoms with Crippen LogP contribution in [0.15, 0.2) is 50.4 Å². The van der Waals surface area contributed by atoms with Crippen molar-refractivity contribution in [2.75, 3.05) is 13.7 Å². The smallest absolute Gasteiger partial charge is 0.240 e. The van der Waals surface area contributed by atoms with E-state index < -0.39 is 6.10 Å². The Morgan fingerprint density at radius 2 is 1.89 bits per heavy atom. The summed E-state index contributed by atoms with van der Waals surface area (Å²) in [6.07, 6.45) is 1.27. The molecule has 0 aliphatic rings. The number of carbonyl (C=O) groups excluding carboxylic acids is 1. The van der Waals surface area contributed by atoms with Crippen molar-refractivity contribution in [3.05, 3.63) is 56.5 Å². The quantitative estimate of drug-likeness (QED) is 0.380. The van der Waals surface area contributed by atoms with Crippen molar-refractivity contribution in [3.63, 3.8) is 0 Å². The van der Waals surface area contributed by atoms with E-state index in [1.54, 1.807) is 31.4 Å². The van der Waals surface area contributed by atoms with Gasteiger partial charge in [0.2, 0.25) is 5.91 Å². The molecular weight excluding hydrogens is 492 g/mol. The number of aliphatic hydroxyl groups is 1.